The fraction of sp³-hybridized carbons (Fsp3) is 0.536. The quantitative estimate of drug-likeness (QED) is 0.238. The van der Waals surface area contributed by atoms with Crippen molar-refractivity contribution in [2.45, 2.75) is 51.4 Å². The number of pyridine rings is 1. The lowest BCUT2D eigenvalue weighted by atomic mass is 9.93. The second kappa shape index (κ2) is 10.6. The number of hydrogen-bond acceptors (Lipinski definition) is 9. The molecule has 0 atom stereocenters. The molecular weight excluding hydrogens is 520 g/mol. The summed E-state index contributed by atoms with van der Waals surface area (Å²) in [6.45, 7) is 4.63. The molecule has 208 valence electrons. The maximum absolute atomic E-state index is 13.7. The van der Waals surface area contributed by atoms with Crippen molar-refractivity contribution < 1.29 is 13.9 Å². The number of hydrogen-bond donors (Lipinski definition) is 3. The van der Waals surface area contributed by atoms with E-state index in [1.165, 1.54) is 37.6 Å². The van der Waals surface area contributed by atoms with Gasteiger partial charge in [-0.2, -0.15) is 0 Å². The van der Waals surface area contributed by atoms with Gasteiger partial charge in [-0.15, -0.1) is 0 Å². The molecule has 3 aromatic rings. The predicted molar refractivity (Wildman–Crippen MR) is 154 cm³/mol. The third kappa shape index (κ3) is 5.84. The Bertz CT molecular complexity index is 1330. The van der Waals surface area contributed by atoms with E-state index in [-0.39, 0.29) is 32.5 Å². The number of aromatic nitrogens is 3. The summed E-state index contributed by atoms with van der Waals surface area (Å²) >= 11 is 1.46. The van der Waals surface area contributed by atoms with Gasteiger partial charge >= 0.3 is 0 Å². The fourth-order valence-electron chi connectivity index (χ4n) is 5.71. The van der Waals surface area contributed by atoms with Gasteiger partial charge in [-0.3, -0.25) is 0 Å². The van der Waals surface area contributed by atoms with Crippen LogP contribution in [0.5, 0.6) is 0 Å². The topological polar surface area (TPSA) is 89.4 Å². The molecule has 1 aromatic carbocycles. The lowest BCUT2D eigenvalue weighted by Gasteiger charge is -2.35. The first-order valence-electron chi connectivity index (χ1n) is 13.7. The zero-order valence-corrected chi connectivity index (χ0v) is 23.0. The number of alkyl halides is 2. The molecule has 2 aliphatic heterocycles. The number of halogens is 2. The molecule has 3 fully saturated rings. The second-order valence-electron chi connectivity index (χ2n) is 11.1. The van der Waals surface area contributed by atoms with Crippen molar-refractivity contribution in [2.75, 3.05) is 58.4 Å². The van der Waals surface area contributed by atoms with Crippen molar-refractivity contribution in [1.82, 2.24) is 15.0 Å². The third-order valence-electron chi connectivity index (χ3n) is 8.24. The SMILES string of the molecule is Cc1cc(Nc2ncnc3cc(NSCCO)cc(N4CCC5(CC4)CC5)c23)nc(N2CCC(F)(F)CC2)c1. The molecule has 3 aliphatic rings. The van der Waals surface area contributed by atoms with Crippen molar-refractivity contribution in [2.24, 2.45) is 5.41 Å². The first kappa shape index (κ1) is 26.3. The van der Waals surface area contributed by atoms with Crippen LogP contribution in [-0.2, 0) is 0 Å². The van der Waals surface area contributed by atoms with Gasteiger partial charge in [-0.05, 0) is 67.9 Å². The number of benzene rings is 1. The van der Waals surface area contributed by atoms with Crippen LogP contribution in [0.3, 0.4) is 0 Å². The number of aliphatic hydroxyl groups is 1. The van der Waals surface area contributed by atoms with Crippen molar-refractivity contribution in [3.05, 3.63) is 36.2 Å². The van der Waals surface area contributed by atoms with Gasteiger partial charge in [-0.25, -0.2) is 23.7 Å². The first-order valence-corrected chi connectivity index (χ1v) is 14.7. The number of fused-ring (bicyclic) bond motifs is 1. The number of nitrogens with zero attached hydrogens (tertiary/aromatic N) is 5. The number of rotatable bonds is 8. The zero-order chi connectivity index (χ0) is 27.0. The van der Waals surface area contributed by atoms with Gasteiger partial charge in [0, 0.05) is 50.5 Å². The fourth-order valence-corrected chi connectivity index (χ4v) is 6.19. The van der Waals surface area contributed by atoms with E-state index in [4.69, 9.17) is 4.98 Å². The van der Waals surface area contributed by atoms with Crippen LogP contribution >= 0.6 is 11.9 Å². The molecule has 8 nitrogen and oxygen atoms in total. The summed E-state index contributed by atoms with van der Waals surface area (Å²) in [4.78, 5) is 18.4. The highest BCUT2D eigenvalue weighted by atomic mass is 32.2. The van der Waals surface area contributed by atoms with Gasteiger partial charge in [-0.1, -0.05) is 11.9 Å². The van der Waals surface area contributed by atoms with Crippen molar-refractivity contribution in [3.8, 4) is 0 Å². The normalized spacial score (nSPS) is 19.9. The van der Waals surface area contributed by atoms with Crippen LogP contribution in [-0.4, -0.2) is 64.5 Å². The Kier molecular flexibility index (Phi) is 7.13. The summed E-state index contributed by atoms with van der Waals surface area (Å²) in [5.41, 5.74) is 4.37. The largest absolute Gasteiger partial charge is 0.395 e. The van der Waals surface area contributed by atoms with Crippen LogP contribution in [0.15, 0.2) is 30.6 Å². The monoisotopic (exact) mass is 555 g/mol. The van der Waals surface area contributed by atoms with Gasteiger partial charge in [0.15, 0.2) is 0 Å². The number of nitrogens with one attached hydrogen (secondary N) is 2. The van der Waals surface area contributed by atoms with Crippen LogP contribution in [0.2, 0.25) is 0 Å². The highest BCUT2D eigenvalue weighted by Crippen LogP contribution is 2.54. The molecule has 1 aliphatic carbocycles. The van der Waals surface area contributed by atoms with E-state index in [1.54, 1.807) is 6.33 Å². The standard InChI is InChI=1S/C28H35F2N7OS/c1-19-14-23(33-24(15-19)37-10-6-28(29,30)7-11-37)34-26-25-21(31-18-32-26)16-20(35-39-13-12-38)17-22(25)36-8-4-27(2-3-27)5-9-36/h14-18,35,38H,2-13H2,1H3,(H,31,32,33,34). The van der Waals surface area contributed by atoms with Gasteiger partial charge in [0.1, 0.15) is 23.8 Å². The number of piperidine rings is 2. The minimum atomic E-state index is -2.60. The Morgan fingerprint density at radius 1 is 0.949 bits per heavy atom. The Morgan fingerprint density at radius 3 is 2.41 bits per heavy atom. The van der Waals surface area contributed by atoms with Crippen molar-refractivity contribution >= 4 is 51.7 Å². The van der Waals surface area contributed by atoms with Gasteiger partial charge in [0.25, 0.3) is 5.92 Å². The van der Waals surface area contributed by atoms with Gasteiger partial charge in [0.2, 0.25) is 0 Å². The molecule has 39 heavy (non-hydrogen) atoms. The maximum atomic E-state index is 13.7. The van der Waals surface area contributed by atoms with E-state index >= 15 is 0 Å². The van der Waals surface area contributed by atoms with E-state index in [1.807, 2.05) is 30.0 Å². The molecule has 1 spiro atoms. The summed E-state index contributed by atoms with van der Waals surface area (Å²) in [5, 5.41) is 13.6. The zero-order valence-electron chi connectivity index (χ0n) is 22.2. The summed E-state index contributed by atoms with van der Waals surface area (Å²) in [5.74, 6) is -0.0123. The Balaban J connectivity index is 1.33. The lowest BCUT2D eigenvalue weighted by molar-refractivity contribution is -0.0221. The molecule has 6 rings (SSSR count). The van der Waals surface area contributed by atoms with Crippen LogP contribution in [0.1, 0.15) is 44.1 Å². The Labute approximate surface area is 231 Å². The molecule has 1 saturated carbocycles. The minimum Gasteiger partial charge on any atom is -0.395 e. The average Bonchev–Trinajstić information content (AvgIpc) is 3.67. The molecule has 0 unspecified atom stereocenters. The van der Waals surface area contributed by atoms with Gasteiger partial charge < -0.3 is 24.9 Å². The number of aliphatic hydroxyl groups excluding tert-OH is 1. The third-order valence-corrected chi connectivity index (χ3v) is 9.01. The molecule has 0 bridgehead atoms. The average molecular weight is 556 g/mol. The van der Waals surface area contributed by atoms with Crippen LogP contribution < -0.4 is 19.8 Å². The van der Waals surface area contributed by atoms with E-state index in [0.29, 0.717) is 28.6 Å². The highest BCUT2D eigenvalue weighted by Gasteiger charge is 2.44. The smallest absolute Gasteiger partial charge is 0.251 e. The Morgan fingerprint density at radius 2 is 1.69 bits per heavy atom. The molecule has 3 N–H and O–H groups in total. The first-order chi connectivity index (χ1) is 18.8. The van der Waals surface area contributed by atoms with Crippen LogP contribution in [0, 0.1) is 12.3 Å². The minimum absolute atomic E-state index is 0.105. The number of aryl methyl sites for hydroxylation is 1. The molecular formula is C28H35F2N7OS. The van der Waals surface area contributed by atoms with E-state index in [2.05, 4.69) is 31.0 Å². The van der Waals surface area contributed by atoms with E-state index < -0.39 is 5.92 Å². The van der Waals surface area contributed by atoms with E-state index in [0.717, 1.165) is 40.9 Å². The second-order valence-corrected chi connectivity index (χ2v) is 12.0. The summed E-state index contributed by atoms with van der Waals surface area (Å²) in [7, 11) is 0. The van der Waals surface area contributed by atoms with E-state index in [9.17, 15) is 13.9 Å². The molecule has 2 saturated heterocycles. The molecule has 4 heterocycles. The molecule has 0 radical (unpaired) electrons. The van der Waals surface area contributed by atoms with Crippen LogP contribution in [0.25, 0.3) is 10.9 Å². The van der Waals surface area contributed by atoms with Crippen molar-refractivity contribution in [3.63, 3.8) is 0 Å². The summed E-state index contributed by atoms with van der Waals surface area (Å²) in [6, 6.07) is 8.05. The molecule has 2 aromatic heterocycles. The van der Waals surface area contributed by atoms with Crippen LogP contribution in [0.4, 0.5) is 37.6 Å². The predicted octanol–water partition coefficient (Wildman–Crippen LogP) is 5.75. The number of anilines is 5. The lowest BCUT2D eigenvalue weighted by Crippen LogP contribution is -2.39. The summed E-state index contributed by atoms with van der Waals surface area (Å²) < 4.78 is 30.8. The molecule has 11 heteroatoms. The molecule has 0 amide bonds. The van der Waals surface area contributed by atoms with Gasteiger partial charge in [0.05, 0.1) is 23.2 Å². The summed E-state index contributed by atoms with van der Waals surface area (Å²) in [6.07, 6.45) is 6.31. The van der Waals surface area contributed by atoms with Crippen molar-refractivity contribution in [1.29, 1.82) is 0 Å². The Hall–Kier alpha value is -2.92. The maximum Gasteiger partial charge on any atom is 0.251 e. The highest BCUT2D eigenvalue weighted by molar-refractivity contribution is 8.00.